The SMILES string of the molecule is CCn1ccnc1C.N#CC(C#N)S(=O)(=O)C(F)(F)F. The molecule has 6 nitrogen and oxygen atoms in total. The summed E-state index contributed by atoms with van der Waals surface area (Å²) in [6.45, 7) is 5.13. The van der Waals surface area contributed by atoms with E-state index >= 15 is 0 Å². The number of imidazole rings is 1. The maximum absolute atomic E-state index is 11.6. The number of aromatic nitrogens is 2. The first-order valence-electron chi connectivity index (χ1n) is 5.18. The van der Waals surface area contributed by atoms with Gasteiger partial charge >= 0.3 is 5.51 Å². The molecular weight excluding hydrogens is 297 g/mol. The van der Waals surface area contributed by atoms with Crippen molar-refractivity contribution in [1.82, 2.24) is 9.55 Å². The first-order valence-corrected chi connectivity index (χ1v) is 6.73. The van der Waals surface area contributed by atoms with Gasteiger partial charge in [-0.05, 0) is 13.8 Å². The predicted octanol–water partition coefficient (Wildman–Crippen LogP) is 1.55. The Balaban J connectivity index is 0.000000388. The Morgan fingerprint density at radius 1 is 1.40 bits per heavy atom. The van der Waals surface area contributed by atoms with Crippen LogP contribution in [0.25, 0.3) is 0 Å². The summed E-state index contributed by atoms with van der Waals surface area (Å²) in [6.07, 6.45) is 3.80. The molecule has 10 heteroatoms. The number of aryl methyl sites for hydroxylation is 2. The molecule has 0 saturated carbocycles. The molecule has 0 fully saturated rings. The van der Waals surface area contributed by atoms with Crippen LogP contribution in [0.3, 0.4) is 0 Å². The highest BCUT2D eigenvalue weighted by Crippen LogP contribution is 2.26. The highest BCUT2D eigenvalue weighted by molar-refractivity contribution is 7.93. The van der Waals surface area contributed by atoms with Gasteiger partial charge in [-0.15, -0.1) is 0 Å². The van der Waals surface area contributed by atoms with Gasteiger partial charge in [-0.2, -0.15) is 23.7 Å². The van der Waals surface area contributed by atoms with Gasteiger partial charge in [-0.1, -0.05) is 0 Å². The highest BCUT2D eigenvalue weighted by Gasteiger charge is 2.51. The molecule has 0 aliphatic rings. The van der Waals surface area contributed by atoms with Crippen molar-refractivity contribution in [3.63, 3.8) is 0 Å². The van der Waals surface area contributed by atoms with E-state index in [1.807, 2.05) is 19.3 Å². The second-order valence-electron chi connectivity index (χ2n) is 3.39. The van der Waals surface area contributed by atoms with E-state index in [1.54, 1.807) is 0 Å². The zero-order valence-corrected chi connectivity index (χ0v) is 11.4. The van der Waals surface area contributed by atoms with E-state index < -0.39 is 20.6 Å². The highest BCUT2D eigenvalue weighted by atomic mass is 32.2. The van der Waals surface area contributed by atoms with Gasteiger partial charge in [0.25, 0.3) is 9.84 Å². The minimum atomic E-state index is -5.66. The van der Waals surface area contributed by atoms with Crippen LogP contribution in [0.1, 0.15) is 12.7 Å². The number of alkyl halides is 3. The Kier molecular flexibility index (Phi) is 6.20. The van der Waals surface area contributed by atoms with E-state index in [1.165, 1.54) is 0 Å². The molecule has 110 valence electrons. The second-order valence-corrected chi connectivity index (χ2v) is 5.41. The summed E-state index contributed by atoms with van der Waals surface area (Å²) in [4.78, 5) is 4.05. The Bertz CT molecular complexity index is 608. The first kappa shape index (κ1) is 17.9. The van der Waals surface area contributed by atoms with Crippen LogP contribution in [-0.4, -0.2) is 28.7 Å². The molecule has 0 spiro atoms. The topological polar surface area (TPSA) is 99.5 Å². The lowest BCUT2D eigenvalue weighted by Crippen LogP contribution is -2.32. The van der Waals surface area contributed by atoms with Crippen molar-refractivity contribution in [2.75, 3.05) is 0 Å². The lowest BCUT2D eigenvalue weighted by molar-refractivity contribution is -0.0437. The maximum atomic E-state index is 11.6. The number of hydrogen-bond donors (Lipinski definition) is 0. The van der Waals surface area contributed by atoms with Crippen molar-refractivity contribution < 1.29 is 21.6 Å². The first-order chi connectivity index (χ1) is 9.11. The number of rotatable bonds is 2. The van der Waals surface area contributed by atoms with Crippen LogP contribution in [0, 0.1) is 29.6 Å². The molecule has 0 bridgehead atoms. The quantitative estimate of drug-likeness (QED) is 0.825. The Labute approximate surface area is 114 Å². The predicted molar refractivity (Wildman–Crippen MR) is 62.6 cm³/mol. The number of halogens is 3. The van der Waals surface area contributed by atoms with Gasteiger partial charge in [0.1, 0.15) is 5.82 Å². The minimum absolute atomic E-state index is 0.729. The van der Waals surface area contributed by atoms with Crippen molar-refractivity contribution >= 4 is 9.84 Å². The van der Waals surface area contributed by atoms with Crippen LogP contribution in [-0.2, 0) is 16.4 Å². The number of nitriles is 2. The Morgan fingerprint density at radius 2 is 1.90 bits per heavy atom. The van der Waals surface area contributed by atoms with Gasteiger partial charge in [0.15, 0.2) is 0 Å². The molecule has 1 aromatic rings. The van der Waals surface area contributed by atoms with E-state index in [9.17, 15) is 21.6 Å². The number of nitrogens with zero attached hydrogens (tertiary/aromatic N) is 4. The average Bonchev–Trinajstić information content (AvgIpc) is 2.75. The van der Waals surface area contributed by atoms with Crippen molar-refractivity contribution in [3.8, 4) is 12.1 Å². The third-order valence-corrected chi connectivity index (χ3v) is 3.61. The second kappa shape index (κ2) is 6.91. The molecule has 20 heavy (non-hydrogen) atoms. The van der Waals surface area contributed by atoms with Crippen LogP contribution < -0.4 is 0 Å². The van der Waals surface area contributed by atoms with Crippen LogP contribution in [0.5, 0.6) is 0 Å². The molecule has 0 saturated heterocycles. The van der Waals surface area contributed by atoms with E-state index in [4.69, 9.17) is 10.5 Å². The fraction of sp³-hybridized carbons (Fsp3) is 0.500. The summed E-state index contributed by atoms with van der Waals surface area (Å²) >= 11 is 0. The largest absolute Gasteiger partial charge is 0.499 e. The summed E-state index contributed by atoms with van der Waals surface area (Å²) in [6, 6.07) is 1.46. The summed E-state index contributed by atoms with van der Waals surface area (Å²) in [5.74, 6) is 1.09. The fourth-order valence-corrected chi connectivity index (χ4v) is 1.58. The average molecular weight is 308 g/mol. The molecule has 1 heterocycles. The monoisotopic (exact) mass is 308 g/mol. The van der Waals surface area contributed by atoms with Crippen molar-refractivity contribution in [3.05, 3.63) is 18.2 Å². The maximum Gasteiger partial charge on any atom is 0.499 e. The van der Waals surface area contributed by atoms with Gasteiger partial charge in [0.05, 0.1) is 12.1 Å². The van der Waals surface area contributed by atoms with Gasteiger partial charge in [-0.25, -0.2) is 13.4 Å². The summed E-state index contributed by atoms with van der Waals surface area (Å²) < 4.78 is 57.3. The lowest BCUT2D eigenvalue weighted by Gasteiger charge is -2.06. The van der Waals surface area contributed by atoms with Gasteiger partial charge in [0, 0.05) is 18.9 Å². The molecular formula is C10H11F3N4O2S. The van der Waals surface area contributed by atoms with Crippen LogP contribution in [0.4, 0.5) is 13.2 Å². The molecule has 0 unspecified atom stereocenters. The number of hydrogen-bond acceptors (Lipinski definition) is 5. The summed E-state index contributed by atoms with van der Waals surface area (Å²) in [7, 11) is -5.66. The smallest absolute Gasteiger partial charge is 0.335 e. The van der Waals surface area contributed by atoms with Crippen molar-refractivity contribution in [2.45, 2.75) is 31.2 Å². The Hall–Kier alpha value is -2.07. The molecule has 0 amide bonds. The minimum Gasteiger partial charge on any atom is -0.335 e. The van der Waals surface area contributed by atoms with Crippen LogP contribution >= 0.6 is 0 Å². The zero-order valence-electron chi connectivity index (χ0n) is 10.6. The van der Waals surface area contributed by atoms with Crippen molar-refractivity contribution in [1.29, 1.82) is 10.5 Å². The third kappa shape index (κ3) is 4.24. The normalized spacial score (nSPS) is 11.2. The lowest BCUT2D eigenvalue weighted by atomic mass is 10.5. The molecule has 0 radical (unpaired) electrons. The van der Waals surface area contributed by atoms with Crippen molar-refractivity contribution in [2.24, 2.45) is 0 Å². The molecule has 0 aliphatic carbocycles. The molecule has 0 N–H and O–H groups in total. The molecule has 1 aromatic heterocycles. The zero-order chi connectivity index (χ0) is 16.0. The molecule has 0 atom stereocenters. The van der Waals surface area contributed by atoms with E-state index in [0.29, 0.717) is 0 Å². The van der Waals surface area contributed by atoms with Gasteiger partial charge in [0.2, 0.25) is 5.25 Å². The summed E-state index contributed by atoms with van der Waals surface area (Å²) in [5.41, 5.74) is -5.55. The standard InChI is InChI=1S/C6H10N2.C4HF3N2O2S/c1-3-8-5-4-7-6(8)2;5-4(6,7)12(10,11)3(1-8)2-9/h4-5H,3H2,1-2H3;3H. The number of sulfone groups is 1. The van der Waals surface area contributed by atoms with Crippen LogP contribution in [0.15, 0.2) is 12.4 Å². The summed E-state index contributed by atoms with van der Waals surface area (Å²) in [5, 5.41) is 13.1. The molecule has 0 aromatic carbocycles. The molecule has 1 rings (SSSR count). The Morgan fingerprint density at radius 3 is 2.05 bits per heavy atom. The van der Waals surface area contributed by atoms with Gasteiger partial charge in [-0.3, -0.25) is 0 Å². The van der Waals surface area contributed by atoms with Crippen LogP contribution in [0.2, 0.25) is 0 Å². The molecule has 0 aliphatic heterocycles. The van der Waals surface area contributed by atoms with E-state index in [2.05, 4.69) is 16.5 Å². The third-order valence-electron chi connectivity index (χ3n) is 2.13. The fourth-order valence-electron chi connectivity index (χ4n) is 1.04. The van der Waals surface area contributed by atoms with Gasteiger partial charge < -0.3 is 4.57 Å². The van der Waals surface area contributed by atoms with E-state index in [0.717, 1.165) is 24.5 Å². The van der Waals surface area contributed by atoms with E-state index in [-0.39, 0.29) is 0 Å².